The molecule has 0 atom stereocenters. The number of aryl methyl sites for hydroxylation is 2. The van der Waals surface area contributed by atoms with Crippen molar-refractivity contribution < 1.29 is 0 Å². The molecule has 0 bridgehead atoms. The van der Waals surface area contributed by atoms with Crippen LogP contribution in [0, 0.1) is 13.8 Å². The lowest BCUT2D eigenvalue weighted by Crippen LogP contribution is -2.30. The van der Waals surface area contributed by atoms with Gasteiger partial charge in [-0.15, -0.1) is 0 Å². The molecule has 0 radical (unpaired) electrons. The highest BCUT2D eigenvalue weighted by molar-refractivity contribution is 5.80. The van der Waals surface area contributed by atoms with Crippen molar-refractivity contribution >= 4 is 11.2 Å². The SMILES string of the molecule is Cc1cc(C)c2nc(-c3ccccn3)n(NC3CCCCC3)c2n1. The Kier molecular flexibility index (Phi) is 3.92. The maximum Gasteiger partial charge on any atom is 0.180 e. The van der Waals surface area contributed by atoms with Crippen LogP contribution in [0.2, 0.25) is 0 Å². The second kappa shape index (κ2) is 6.23. The van der Waals surface area contributed by atoms with Crippen molar-refractivity contribution in [3.63, 3.8) is 0 Å². The molecular weight excluding hydrogens is 298 g/mol. The zero-order valence-electron chi connectivity index (χ0n) is 14.3. The predicted molar refractivity (Wildman–Crippen MR) is 96.5 cm³/mol. The van der Waals surface area contributed by atoms with Crippen molar-refractivity contribution in [3.05, 3.63) is 41.7 Å². The number of hydrogen-bond acceptors (Lipinski definition) is 4. The number of aromatic nitrogens is 4. The van der Waals surface area contributed by atoms with E-state index in [-0.39, 0.29) is 0 Å². The topological polar surface area (TPSA) is 55.6 Å². The Morgan fingerprint density at radius 1 is 1.08 bits per heavy atom. The summed E-state index contributed by atoms with van der Waals surface area (Å²) in [4.78, 5) is 14.1. The zero-order valence-corrected chi connectivity index (χ0v) is 14.3. The van der Waals surface area contributed by atoms with Crippen LogP contribution in [0.3, 0.4) is 0 Å². The average Bonchev–Trinajstić information content (AvgIpc) is 2.95. The van der Waals surface area contributed by atoms with E-state index in [0.717, 1.165) is 33.9 Å². The minimum Gasteiger partial charge on any atom is -0.319 e. The van der Waals surface area contributed by atoms with E-state index >= 15 is 0 Å². The van der Waals surface area contributed by atoms with Gasteiger partial charge in [-0.1, -0.05) is 25.3 Å². The number of fused-ring (bicyclic) bond motifs is 1. The molecule has 0 saturated heterocycles. The van der Waals surface area contributed by atoms with Crippen LogP contribution in [0.25, 0.3) is 22.7 Å². The van der Waals surface area contributed by atoms with Gasteiger partial charge in [0.15, 0.2) is 11.5 Å². The second-order valence-electron chi connectivity index (χ2n) is 6.70. The van der Waals surface area contributed by atoms with Crippen LogP contribution < -0.4 is 5.43 Å². The van der Waals surface area contributed by atoms with Gasteiger partial charge in [-0.25, -0.2) is 14.6 Å². The molecule has 5 heteroatoms. The number of pyridine rings is 2. The monoisotopic (exact) mass is 321 g/mol. The Balaban J connectivity index is 1.86. The van der Waals surface area contributed by atoms with Crippen LogP contribution in [0.5, 0.6) is 0 Å². The Morgan fingerprint density at radius 3 is 2.67 bits per heavy atom. The molecule has 124 valence electrons. The summed E-state index contributed by atoms with van der Waals surface area (Å²) >= 11 is 0. The number of imidazole rings is 1. The fourth-order valence-electron chi connectivity index (χ4n) is 3.56. The van der Waals surface area contributed by atoms with E-state index in [1.165, 1.54) is 32.1 Å². The molecule has 24 heavy (non-hydrogen) atoms. The fraction of sp³-hybridized carbons (Fsp3) is 0.421. The van der Waals surface area contributed by atoms with Gasteiger partial charge in [0.1, 0.15) is 11.2 Å². The largest absolute Gasteiger partial charge is 0.319 e. The van der Waals surface area contributed by atoms with E-state index in [4.69, 9.17) is 9.97 Å². The molecule has 0 aliphatic heterocycles. The van der Waals surface area contributed by atoms with Gasteiger partial charge in [0.05, 0.1) is 0 Å². The molecule has 1 saturated carbocycles. The third-order valence-electron chi connectivity index (χ3n) is 4.75. The van der Waals surface area contributed by atoms with Gasteiger partial charge in [-0.3, -0.25) is 4.98 Å². The highest BCUT2D eigenvalue weighted by atomic mass is 15.5. The molecule has 3 heterocycles. The first-order valence-corrected chi connectivity index (χ1v) is 8.77. The summed E-state index contributed by atoms with van der Waals surface area (Å²) in [5.41, 5.74) is 8.56. The molecule has 0 spiro atoms. The summed E-state index contributed by atoms with van der Waals surface area (Å²) in [6.45, 7) is 4.13. The lowest BCUT2D eigenvalue weighted by atomic mass is 9.96. The minimum absolute atomic E-state index is 0.473. The van der Waals surface area contributed by atoms with Gasteiger partial charge in [0, 0.05) is 17.9 Å². The van der Waals surface area contributed by atoms with Crippen molar-refractivity contribution in [2.24, 2.45) is 0 Å². The molecule has 0 amide bonds. The molecule has 1 aliphatic rings. The van der Waals surface area contributed by atoms with Crippen LogP contribution in [0.1, 0.15) is 43.4 Å². The second-order valence-corrected chi connectivity index (χ2v) is 6.70. The van der Waals surface area contributed by atoms with Crippen LogP contribution >= 0.6 is 0 Å². The van der Waals surface area contributed by atoms with Crippen LogP contribution in [0.15, 0.2) is 30.5 Å². The number of rotatable bonds is 3. The number of nitrogens with one attached hydrogen (secondary N) is 1. The summed E-state index contributed by atoms with van der Waals surface area (Å²) in [5.74, 6) is 0.845. The first kappa shape index (κ1) is 15.1. The smallest absolute Gasteiger partial charge is 0.180 e. The summed E-state index contributed by atoms with van der Waals surface area (Å²) in [6, 6.07) is 8.49. The van der Waals surface area contributed by atoms with Crippen LogP contribution in [0.4, 0.5) is 0 Å². The van der Waals surface area contributed by atoms with Gasteiger partial charge in [0.25, 0.3) is 0 Å². The van der Waals surface area contributed by atoms with Crippen LogP contribution in [-0.2, 0) is 0 Å². The van der Waals surface area contributed by atoms with E-state index in [9.17, 15) is 0 Å². The van der Waals surface area contributed by atoms with E-state index in [2.05, 4.69) is 28.1 Å². The van der Waals surface area contributed by atoms with Gasteiger partial charge < -0.3 is 5.43 Å². The highest BCUT2D eigenvalue weighted by Gasteiger charge is 2.20. The van der Waals surface area contributed by atoms with Gasteiger partial charge in [-0.2, -0.15) is 0 Å². The standard InChI is InChI=1S/C19H23N5/c1-13-12-14(2)21-19-17(13)22-18(16-10-6-7-11-20-16)24(19)23-15-8-4-3-5-9-15/h6-7,10-12,15,23H,3-5,8-9H2,1-2H3. The van der Waals surface area contributed by atoms with E-state index in [1.54, 1.807) is 0 Å². The van der Waals surface area contributed by atoms with Gasteiger partial charge >= 0.3 is 0 Å². The lowest BCUT2D eigenvalue weighted by molar-refractivity contribution is 0.440. The van der Waals surface area contributed by atoms with Gasteiger partial charge in [0.2, 0.25) is 0 Å². The Morgan fingerprint density at radius 2 is 1.92 bits per heavy atom. The summed E-state index contributed by atoms with van der Waals surface area (Å²) in [6.07, 6.45) is 8.12. The predicted octanol–water partition coefficient (Wildman–Crippen LogP) is 3.99. The molecule has 5 nitrogen and oxygen atoms in total. The van der Waals surface area contributed by atoms with Crippen molar-refractivity contribution in [2.75, 3.05) is 5.43 Å². The maximum absolute atomic E-state index is 4.86. The number of nitrogens with zero attached hydrogens (tertiary/aromatic N) is 4. The molecule has 1 fully saturated rings. The van der Waals surface area contributed by atoms with Crippen molar-refractivity contribution in [2.45, 2.75) is 52.0 Å². The first-order valence-electron chi connectivity index (χ1n) is 8.77. The Labute approximate surface area is 142 Å². The Bertz CT molecular complexity index is 847. The Hall–Kier alpha value is -2.43. The average molecular weight is 321 g/mol. The van der Waals surface area contributed by atoms with E-state index in [0.29, 0.717) is 6.04 Å². The van der Waals surface area contributed by atoms with E-state index in [1.807, 2.05) is 31.3 Å². The molecule has 1 N–H and O–H groups in total. The highest BCUT2D eigenvalue weighted by Crippen LogP contribution is 2.26. The maximum atomic E-state index is 4.86. The fourth-order valence-corrected chi connectivity index (χ4v) is 3.56. The molecule has 1 aliphatic carbocycles. The molecule has 3 aromatic rings. The normalized spacial score (nSPS) is 15.8. The molecule has 4 rings (SSSR count). The third kappa shape index (κ3) is 2.75. The van der Waals surface area contributed by atoms with Crippen molar-refractivity contribution in [1.29, 1.82) is 0 Å². The third-order valence-corrected chi connectivity index (χ3v) is 4.75. The van der Waals surface area contributed by atoms with Crippen molar-refractivity contribution in [3.8, 4) is 11.5 Å². The molecule has 0 unspecified atom stereocenters. The molecule has 3 aromatic heterocycles. The minimum atomic E-state index is 0.473. The first-order chi connectivity index (χ1) is 11.7. The van der Waals surface area contributed by atoms with Crippen molar-refractivity contribution in [1.82, 2.24) is 19.6 Å². The molecular formula is C19H23N5. The molecule has 0 aromatic carbocycles. The summed E-state index contributed by atoms with van der Waals surface area (Å²) < 4.78 is 2.06. The lowest BCUT2D eigenvalue weighted by Gasteiger charge is -2.25. The van der Waals surface area contributed by atoms with Crippen LogP contribution in [-0.4, -0.2) is 25.7 Å². The van der Waals surface area contributed by atoms with Gasteiger partial charge in [-0.05, 0) is 50.5 Å². The van der Waals surface area contributed by atoms with E-state index < -0.39 is 0 Å². The quantitative estimate of drug-likeness (QED) is 0.792. The summed E-state index contributed by atoms with van der Waals surface area (Å²) in [5, 5.41) is 0. The zero-order chi connectivity index (χ0) is 16.5. The summed E-state index contributed by atoms with van der Waals surface area (Å²) in [7, 11) is 0. The number of hydrogen-bond donors (Lipinski definition) is 1.